The van der Waals surface area contributed by atoms with Crippen molar-refractivity contribution in [3.63, 3.8) is 0 Å². The maximum absolute atomic E-state index is 11.5. The zero-order valence-corrected chi connectivity index (χ0v) is 11.7. The standard InChI is InChI=1S/C14H22N2O4/c1-11(4-5-13(17)18)6-8-15-14(19)16-9-7-12-3-2-10-20-12/h2-3,10-11H,4-9H2,1H3,(H,17,18)(H2,15,16,19). The molecule has 0 bridgehead atoms. The molecule has 0 saturated carbocycles. The summed E-state index contributed by atoms with van der Waals surface area (Å²) >= 11 is 0. The fourth-order valence-corrected chi connectivity index (χ4v) is 1.76. The number of aliphatic carboxylic acids is 1. The molecule has 1 aromatic rings. The van der Waals surface area contributed by atoms with E-state index in [0.717, 1.165) is 12.2 Å². The number of hydrogen-bond donors (Lipinski definition) is 3. The highest BCUT2D eigenvalue weighted by Gasteiger charge is 2.06. The minimum absolute atomic E-state index is 0.177. The lowest BCUT2D eigenvalue weighted by Crippen LogP contribution is -2.37. The Kier molecular flexibility index (Phi) is 7.24. The SMILES string of the molecule is CC(CCNC(=O)NCCc1ccco1)CCC(=O)O. The van der Waals surface area contributed by atoms with E-state index in [1.807, 2.05) is 19.1 Å². The summed E-state index contributed by atoms with van der Waals surface area (Å²) in [5.74, 6) is 0.350. The summed E-state index contributed by atoms with van der Waals surface area (Å²) in [7, 11) is 0. The number of carbonyl (C=O) groups is 2. The van der Waals surface area contributed by atoms with Crippen LogP contribution in [0.15, 0.2) is 22.8 Å². The van der Waals surface area contributed by atoms with E-state index in [1.54, 1.807) is 6.26 Å². The fourth-order valence-electron chi connectivity index (χ4n) is 1.76. The summed E-state index contributed by atoms with van der Waals surface area (Å²) in [5, 5.41) is 14.1. The Morgan fingerprint density at radius 2 is 2.05 bits per heavy atom. The summed E-state index contributed by atoms with van der Waals surface area (Å²) in [4.78, 5) is 21.9. The lowest BCUT2D eigenvalue weighted by Gasteiger charge is -2.11. The van der Waals surface area contributed by atoms with E-state index in [4.69, 9.17) is 9.52 Å². The van der Waals surface area contributed by atoms with E-state index >= 15 is 0 Å². The maximum Gasteiger partial charge on any atom is 0.314 e. The molecule has 0 spiro atoms. The van der Waals surface area contributed by atoms with E-state index in [0.29, 0.717) is 25.9 Å². The van der Waals surface area contributed by atoms with Crippen LogP contribution in [0.4, 0.5) is 4.79 Å². The average molecular weight is 282 g/mol. The van der Waals surface area contributed by atoms with Crippen LogP contribution in [0.2, 0.25) is 0 Å². The van der Waals surface area contributed by atoms with Crippen LogP contribution in [0, 0.1) is 5.92 Å². The third-order valence-electron chi connectivity index (χ3n) is 3.01. The topological polar surface area (TPSA) is 91.6 Å². The second kappa shape index (κ2) is 9.01. The van der Waals surface area contributed by atoms with E-state index in [-0.39, 0.29) is 18.4 Å². The number of hydrogen-bond acceptors (Lipinski definition) is 3. The first-order valence-corrected chi connectivity index (χ1v) is 6.84. The smallest absolute Gasteiger partial charge is 0.314 e. The van der Waals surface area contributed by atoms with Crippen molar-refractivity contribution in [2.45, 2.75) is 32.6 Å². The van der Waals surface area contributed by atoms with Crippen molar-refractivity contribution < 1.29 is 19.1 Å². The largest absolute Gasteiger partial charge is 0.481 e. The molecule has 6 heteroatoms. The van der Waals surface area contributed by atoms with Crippen LogP contribution >= 0.6 is 0 Å². The Hall–Kier alpha value is -1.98. The number of carboxylic acid groups (broad SMARTS) is 1. The molecule has 0 fully saturated rings. The first-order chi connectivity index (χ1) is 9.58. The van der Waals surface area contributed by atoms with Crippen molar-refractivity contribution in [1.29, 1.82) is 0 Å². The first-order valence-electron chi connectivity index (χ1n) is 6.84. The monoisotopic (exact) mass is 282 g/mol. The van der Waals surface area contributed by atoms with Gasteiger partial charge in [-0.25, -0.2) is 4.79 Å². The Labute approximate surface area is 118 Å². The molecule has 0 aliphatic heterocycles. The Morgan fingerprint density at radius 3 is 2.70 bits per heavy atom. The molecule has 2 amide bonds. The molecule has 1 aromatic heterocycles. The molecule has 20 heavy (non-hydrogen) atoms. The molecule has 6 nitrogen and oxygen atoms in total. The van der Waals surface area contributed by atoms with Crippen molar-refractivity contribution in [1.82, 2.24) is 10.6 Å². The molecule has 0 aliphatic rings. The normalized spacial score (nSPS) is 11.8. The highest BCUT2D eigenvalue weighted by molar-refractivity contribution is 5.73. The van der Waals surface area contributed by atoms with E-state index < -0.39 is 5.97 Å². The van der Waals surface area contributed by atoms with Crippen LogP contribution in [0.25, 0.3) is 0 Å². The van der Waals surface area contributed by atoms with Crippen molar-refractivity contribution in [3.05, 3.63) is 24.2 Å². The number of carboxylic acids is 1. The van der Waals surface area contributed by atoms with Crippen LogP contribution in [-0.4, -0.2) is 30.2 Å². The Balaban J connectivity index is 2.00. The summed E-state index contributed by atoms with van der Waals surface area (Å²) in [6, 6.07) is 3.47. The average Bonchev–Trinajstić information content (AvgIpc) is 2.89. The molecular formula is C14H22N2O4. The molecule has 112 valence electrons. The van der Waals surface area contributed by atoms with E-state index in [2.05, 4.69) is 10.6 Å². The molecule has 1 atom stereocenters. The van der Waals surface area contributed by atoms with Gasteiger partial charge in [-0.15, -0.1) is 0 Å². The number of furan rings is 1. The summed E-state index contributed by atoms with van der Waals surface area (Å²) in [5.41, 5.74) is 0. The molecule has 0 radical (unpaired) electrons. The predicted molar refractivity (Wildman–Crippen MR) is 74.5 cm³/mol. The van der Waals surface area contributed by atoms with Crippen molar-refractivity contribution >= 4 is 12.0 Å². The summed E-state index contributed by atoms with van der Waals surface area (Å²) in [6.07, 6.45) is 3.86. The van der Waals surface area contributed by atoms with Gasteiger partial charge in [-0.1, -0.05) is 6.92 Å². The fraction of sp³-hybridized carbons (Fsp3) is 0.571. The van der Waals surface area contributed by atoms with Gasteiger partial charge in [0.15, 0.2) is 0 Å². The van der Waals surface area contributed by atoms with Gasteiger partial charge in [0.2, 0.25) is 0 Å². The molecule has 3 N–H and O–H groups in total. The highest BCUT2D eigenvalue weighted by atomic mass is 16.4. The van der Waals surface area contributed by atoms with Gasteiger partial charge in [0.1, 0.15) is 5.76 Å². The first kappa shape index (κ1) is 16.1. The van der Waals surface area contributed by atoms with Gasteiger partial charge in [0.25, 0.3) is 0 Å². The van der Waals surface area contributed by atoms with Crippen LogP contribution in [0.3, 0.4) is 0 Å². The lowest BCUT2D eigenvalue weighted by atomic mass is 10.0. The minimum Gasteiger partial charge on any atom is -0.481 e. The zero-order chi connectivity index (χ0) is 14.8. The molecule has 1 heterocycles. The quantitative estimate of drug-likeness (QED) is 0.646. The van der Waals surface area contributed by atoms with Crippen LogP contribution in [-0.2, 0) is 11.2 Å². The van der Waals surface area contributed by atoms with Crippen LogP contribution < -0.4 is 10.6 Å². The third-order valence-corrected chi connectivity index (χ3v) is 3.01. The van der Waals surface area contributed by atoms with Gasteiger partial charge in [-0.05, 0) is 30.9 Å². The number of amides is 2. The second-order valence-electron chi connectivity index (χ2n) is 4.84. The minimum atomic E-state index is -0.777. The highest BCUT2D eigenvalue weighted by Crippen LogP contribution is 2.08. The zero-order valence-electron chi connectivity index (χ0n) is 11.7. The van der Waals surface area contributed by atoms with E-state index in [1.165, 1.54) is 0 Å². The summed E-state index contributed by atoms with van der Waals surface area (Å²) < 4.78 is 5.15. The van der Waals surface area contributed by atoms with Crippen LogP contribution in [0.5, 0.6) is 0 Å². The molecule has 1 rings (SSSR count). The van der Waals surface area contributed by atoms with Crippen molar-refractivity contribution in [2.24, 2.45) is 5.92 Å². The van der Waals surface area contributed by atoms with Crippen molar-refractivity contribution in [2.75, 3.05) is 13.1 Å². The van der Waals surface area contributed by atoms with E-state index in [9.17, 15) is 9.59 Å². The second-order valence-corrected chi connectivity index (χ2v) is 4.84. The van der Waals surface area contributed by atoms with Gasteiger partial charge in [-0.3, -0.25) is 4.79 Å². The Bertz CT molecular complexity index is 403. The maximum atomic E-state index is 11.5. The van der Waals surface area contributed by atoms with Gasteiger partial charge in [0.05, 0.1) is 6.26 Å². The molecule has 1 unspecified atom stereocenters. The molecule has 0 aliphatic carbocycles. The van der Waals surface area contributed by atoms with Crippen molar-refractivity contribution in [3.8, 4) is 0 Å². The number of urea groups is 1. The molecule has 0 aromatic carbocycles. The van der Waals surface area contributed by atoms with Crippen LogP contribution in [0.1, 0.15) is 31.9 Å². The molecular weight excluding hydrogens is 260 g/mol. The van der Waals surface area contributed by atoms with Gasteiger partial charge >= 0.3 is 12.0 Å². The Morgan fingerprint density at radius 1 is 1.30 bits per heavy atom. The summed E-state index contributed by atoms with van der Waals surface area (Å²) in [6.45, 7) is 3.06. The lowest BCUT2D eigenvalue weighted by molar-refractivity contribution is -0.137. The van der Waals surface area contributed by atoms with Gasteiger partial charge < -0.3 is 20.2 Å². The number of nitrogens with one attached hydrogen (secondary N) is 2. The number of rotatable bonds is 9. The molecule has 0 saturated heterocycles. The van der Waals surface area contributed by atoms with Gasteiger partial charge in [-0.2, -0.15) is 0 Å². The predicted octanol–water partition coefficient (Wildman–Crippen LogP) is 2.01. The third kappa shape index (κ3) is 7.45. The van der Waals surface area contributed by atoms with Gasteiger partial charge in [0, 0.05) is 25.9 Å². The number of carbonyl (C=O) groups excluding carboxylic acids is 1.